The summed E-state index contributed by atoms with van der Waals surface area (Å²) >= 11 is 6.16. The number of aryl methyl sites for hydroxylation is 1. The lowest BCUT2D eigenvalue weighted by Crippen LogP contribution is -2.42. The standard InChI is InChI=1S/C18H22ClN3O2/c1-2-22-17(16(19)11-20-22)18(23)21-10-6-7-14(12-21)13-24-15-8-4-3-5-9-15/h3-5,8-9,11,14H,2,6-7,10,12-13H2,1H3. The number of hydrogen-bond donors (Lipinski definition) is 0. The van der Waals surface area contributed by atoms with Crippen LogP contribution in [0.15, 0.2) is 36.5 Å². The van der Waals surface area contributed by atoms with Gasteiger partial charge >= 0.3 is 0 Å². The average molecular weight is 348 g/mol. The summed E-state index contributed by atoms with van der Waals surface area (Å²) in [5.74, 6) is 1.16. The molecule has 3 rings (SSSR count). The largest absolute Gasteiger partial charge is 0.493 e. The van der Waals surface area contributed by atoms with Gasteiger partial charge in [0.15, 0.2) is 0 Å². The molecule has 0 saturated carbocycles. The molecule has 128 valence electrons. The quantitative estimate of drug-likeness (QED) is 0.831. The Morgan fingerprint density at radius 3 is 2.92 bits per heavy atom. The molecule has 6 heteroatoms. The SMILES string of the molecule is CCn1ncc(Cl)c1C(=O)N1CCCC(COc2ccccc2)C1. The Hall–Kier alpha value is -2.01. The molecule has 0 N–H and O–H groups in total. The Morgan fingerprint density at radius 2 is 2.17 bits per heavy atom. The molecule has 1 amide bonds. The van der Waals surface area contributed by atoms with Gasteiger partial charge < -0.3 is 9.64 Å². The lowest BCUT2D eigenvalue weighted by atomic mass is 9.98. The van der Waals surface area contributed by atoms with Gasteiger partial charge in [-0.05, 0) is 31.9 Å². The number of rotatable bonds is 5. The van der Waals surface area contributed by atoms with E-state index in [0.29, 0.717) is 36.3 Å². The Morgan fingerprint density at radius 1 is 1.38 bits per heavy atom. The maximum Gasteiger partial charge on any atom is 0.273 e. The van der Waals surface area contributed by atoms with Gasteiger partial charge in [0.1, 0.15) is 11.4 Å². The van der Waals surface area contributed by atoms with E-state index in [0.717, 1.165) is 25.1 Å². The van der Waals surface area contributed by atoms with Crippen molar-refractivity contribution in [2.24, 2.45) is 5.92 Å². The van der Waals surface area contributed by atoms with Crippen molar-refractivity contribution in [3.05, 3.63) is 47.2 Å². The first-order valence-electron chi connectivity index (χ1n) is 8.37. The fraction of sp³-hybridized carbons (Fsp3) is 0.444. The van der Waals surface area contributed by atoms with Crippen LogP contribution in [0.2, 0.25) is 5.02 Å². The molecular weight excluding hydrogens is 326 g/mol. The van der Waals surface area contributed by atoms with Crippen LogP contribution in [0.5, 0.6) is 5.75 Å². The van der Waals surface area contributed by atoms with Crippen molar-refractivity contribution in [1.82, 2.24) is 14.7 Å². The number of nitrogens with zero attached hydrogens (tertiary/aromatic N) is 3. The number of carbonyl (C=O) groups is 1. The second-order valence-electron chi connectivity index (χ2n) is 6.04. The van der Waals surface area contributed by atoms with Crippen LogP contribution >= 0.6 is 11.6 Å². The minimum Gasteiger partial charge on any atom is -0.493 e. The zero-order valence-electron chi connectivity index (χ0n) is 13.8. The summed E-state index contributed by atoms with van der Waals surface area (Å²) in [5, 5.41) is 4.58. The molecule has 1 aliphatic rings. The monoisotopic (exact) mass is 347 g/mol. The number of likely N-dealkylation sites (tertiary alicyclic amines) is 1. The van der Waals surface area contributed by atoms with Gasteiger partial charge in [0, 0.05) is 25.6 Å². The molecule has 1 atom stereocenters. The normalized spacial score (nSPS) is 17.8. The highest BCUT2D eigenvalue weighted by Crippen LogP contribution is 2.23. The lowest BCUT2D eigenvalue weighted by molar-refractivity contribution is 0.0621. The number of aromatic nitrogens is 2. The van der Waals surface area contributed by atoms with Gasteiger partial charge in [0.2, 0.25) is 0 Å². The van der Waals surface area contributed by atoms with Gasteiger partial charge in [-0.2, -0.15) is 5.10 Å². The first kappa shape index (κ1) is 16.8. The van der Waals surface area contributed by atoms with Crippen LogP contribution in [0.3, 0.4) is 0 Å². The van der Waals surface area contributed by atoms with Crippen LogP contribution in [-0.2, 0) is 6.54 Å². The van der Waals surface area contributed by atoms with E-state index in [1.165, 1.54) is 6.20 Å². The predicted octanol–water partition coefficient (Wildman–Crippen LogP) is 3.49. The Bertz CT molecular complexity index is 687. The molecule has 1 fully saturated rings. The lowest BCUT2D eigenvalue weighted by Gasteiger charge is -2.32. The summed E-state index contributed by atoms with van der Waals surface area (Å²) in [6.07, 6.45) is 3.59. The van der Waals surface area contributed by atoms with Crippen LogP contribution < -0.4 is 4.74 Å². The summed E-state index contributed by atoms with van der Waals surface area (Å²) in [5.41, 5.74) is 0.490. The van der Waals surface area contributed by atoms with E-state index in [1.807, 2.05) is 42.2 Å². The zero-order valence-corrected chi connectivity index (χ0v) is 14.6. The fourth-order valence-corrected chi connectivity index (χ4v) is 3.30. The molecule has 0 aliphatic carbocycles. The highest BCUT2D eigenvalue weighted by atomic mass is 35.5. The highest BCUT2D eigenvalue weighted by molar-refractivity contribution is 6.33. The molecule has 24 heavy (non-hydrogen) atoms. The fourth-order valence-electron chi connectivity index (χ4n) is 3.08. The van der Waals surface area contributed by atoms with Gasteiger partial charge in [-0.25, -0.2) is 0 Å². The molecular formula is C18H22ClN3O2. The van der Waals surface area contributed by atoms with Crippen molar-refractivity contribution in [1.29, 1.82) is 0 Å². The third-order valence-electron chi connectivity index (χ3n) is 4.33. The average Bonchev–Trinajstić information content (AvgIpc) is 3.01. The second-order valence-corrected chi connectivity index (χ2v) is 6.45. The predicted molar refractivity (Wildman–Crippen MR) is 93.5 cm³/mol. The first-order valence-corrected chi connectivity index (χ1v) is 8.75. The summed E-state index contributed by atoms with van der Waals surface area (Å²) in [7, 11) is 0. The Labute approximate surface area is 147 Å². The summed E-state index contributed by atoms with van der Waals surface area (Å²) in [6.45, 7) is 4.65. The number of carbonyl (C=O) groups excluding carboxylic acids is 1. The molecule has 0 bridgehead atoms. The van der Waals surface area contributed by atoms with Crippen molar-refractivity contribution in [3.63, 3.8) is 0 Å². The number of halogens is 1. The third-order valence-corrected chi connectivity index (χ3v) is 4.61. The molecule has 1 aliphatic heterocycles. The van der Waals surface area contributed by atoms with Crippen LogP contribution in [-0.4, -0.2) is 40.3 Å². The Balaban J connectivity index is 1.62. The number of benzene rings is 1. The smallest absolute Gasteiger partial charge is 0.273 e. The summed E-state index contributed by atoms with van der Waals surface area (Å²) in [4.78, 5) is 14.7. The Kier molecular flexibility index (Phi) is 5.41. The van der Waals surface area contributed by atoms with Crippen LogP contribution in [0.1, 0.15) is 30.3 Å². The van der Waals surface area contributed by atoms with Crippen molar-refractivity contribution in [2.75, 3.05) is 19.7 Å². The topological polar surface area (TPSA) is 47.4 Å². The summed E-state index contributed by atoms with van der Waals surface area (Å²) < 4.78 is 7.51. The van der Waals surface area contributed by atoms with Gasteiger partial charge in [-0.3, -0.25) is 9.48 Å². The third kappa shape index (κ3) is 3.73. The van der Waals surface area contributed by atoms with Crippen molar-refractivity contribution >= 4 is 17.5 Å². The molecule has 1 aromatic heterocycles. The number of piperidine rings is 1. The van der Waals surface area contributed by atoms with E-state index < -0.39 is 0 Å². The van der Waals surface area contributed by atoms with E-state index in [2.05, 4.69) is 5.10 Å². The molecule has 0 radical (unpaired) electrons. The van der Waals surface area contributed by atoms with Gasteiger partial charge in [0.05, 0.1) is 17.8 Å². The van der Waals surface area contributed by atoms with Crippen LogP contribution in [0.4, 0.5) is 0 Å². The van der Waals surface area contributed by atoms with Gasteiger partial charge in [0.25, 0.3) is 5.91 Å². The number of amides is 1. The van der Waals surface area contributed by atoms with Gasteiger partial charge in [-0.15, -0.1) is 0 Å². The molecule has 2 heterocycles. The van der Waals surface area contributed by atoms with E-state index >= 15 is 0 Å². The number of ether oxygens (including phenoxy) is 1. The van der Waals surface area contributed by atoms with Crippen LogP contribution in [0.25, 0.3) is 0 Å². The van der Waals surface area contributed by atoms with Crippen molar-refractivity contribution < 1.29 is 9.53 Å². The second kappa shape index (κ2) is 7.71. The molecule has 0 spiro atoms. The minimum atomic E-state index is -0.0382. The molecule has 1 aromatic carbocycles. The first-order chi connectivity index (χ1) is 11.7. The van der Waals surface area contributed by atoms with E-state index in [1.54, 1.807) is 4.68 Å². The highest BCUT2D eigenvalue weighted by Gasteiger charge is 2.28. The van der Waals surface area contributed by atoms with E-state index in [-0.39, 0.29) is 5.91 Å². The maximum atomic E-state index is 12.8. The maximum absolute atomic E-state index is 12.8. The van der Waals surface area contributed by atoms with Crippen molar-refractivity contribution in [3.8, 4) is 5.75 Å². The molecule has 5 nitrogen and oxygen atoms in total. The number of hydrogen-bond acceptors (Lipinski definition) is 3. The zero-order chi connectivity index (χ0) is 16.9. The van der Waals surface area contributed by atoms with Crippen molar-refractivity contribution in [2.45, 2.75) is 26.3 Å². The number of para-hydroxylation sites is 1. The van der Waals surface area contributed by atoms with Crippen LogP contribution in [0, 0.1) is 5.92 Å². The molecule has 1 saturated heterocycles. The summed E-state index contributed by atoms with van der Waals surface area (Å²) in [6, 6.07) is 9.78. The molecule has 2 aromatic rings. The molecule has 1 unspecified atom stereocenters. The van der Waals surface area contributed by atoms with Gasteiger partial charge in [-0.1, -0.05) is 29.8 Å². The van der Waals surface area contributed by atoms with E-state index in [9.17, 15) is 4.79 Å². The minimum absolute atomic E-state index is 0.0382. The van der Waals surface area contributed by atoms with E-state index in [4.69, 9.17) is 16.3 Å².